The molecule has 2 fully saturated rings. The Bertz CT molecular complexity index is 390. The summed E-state index contributed by atoms with van der Waals surface area (Å²) >= 11 is 0. The number of aliphatic hydroxyl groups is 1. The Morgan fingerprint density at radius 1 is 1.12 bits per heavy atom. The third-order valence-corrected chi connectivity index (χ3v) is 4.91. The highest BCUT2D eigenvalue weighted by atomic mass is 16.5. The molecule has 0 radical (unpaired) electrons. The van der Waals surface area contributed by atoms with Crippen molar-refractivity contribution in [2.75, 3.05) is 26.4 Å². The first-order valence-corrected chi connectivity index (χ1v) is 9.58. The van der Waals surface area contributed by atoms with Crippen molar-refractivity contribution in [3.63, 3.8) is 0 Å². The summed E-state index contributed by atoms with van der Waals surface area (Å²) < 4.78 is 5.25. The molecular formula is C17H35N5O3. The van der Waals surface area contributed by atoms with Crippen molar-refractivity contribution in [1.29, 1.82) is 0 Å². The molecule has 1 saturated heterocycles. The molecule has 6 N–H and O–H groups in total. The van der Waals surface area contributed by atoms with Gasteiger partial charge in [-0.15, -0.1) is 0 Å². The van der Waals surface area contributed by atoms with E-state index in [0.29, 0.717) is 19.8 Å². The largest absolute Gasteiger partial charge is 0.394 e. The number of aliphatic hydroxyl groups excluding tert-OH is 1. The van der Waals surface area contributed by atoms with Gasteiger partial charge in [-0.05, 0) is 44.9 Å². The Morgan fingerprint density at radius 2 is 1.88 bits per heavy atom. The van der Waals surface area contributed by atoms with E-state index in [-0.39, 0.29) is 37.2 Å². The van der Waals surface area contributed by atoms with Gasteiger partial charge in [0.25, 0.3) is 0 Å². The second-order valence-electron chi connectivity index (χ2n) is 7.32. The molecule has 2 amide bonds. The molecule has 0 aromatic heterocycles. The first-order chi connectivity index (χ1) is 12.1. The number of carbonyl (C=O) groups excluding carboxylic acids is 1. The molecule has 1 heterocycles. The third kappa shape index (κ3) is 7.87. The van der Waals surface area contributed by atoms with Crippen molar-refractivity contribution < 1.29 is 14.6 Å². The maximum atomic E-state index is 12.2. The molecular weight excluding hydrogens is 322 g/mol. The predicted molar refractivity (Wildman–Crippen MR) is 96.9 cm³/mol. The van der Waals surface area contributed by atoms with Crippen LogP contribution in [0.15, 0.2) is 0 Å². The molecule has 3 atom stereocenters. The molecule has 2 rings (SSSR count). The fraction of sp³-hybridized carbons (Fsp3) is 0.941. The van der Waals surface area contributed by atoms with Gasteiger partial charge in [-0.25, -0.2) is 4.79 Å². The van der Waals surface area contributed by atoms with Crippen LogP contribution in [-0.4, -0.2) is 62.0 Å². The smallest absolute Gasteiger partial charge is 0.317 e. The molecule has 0 bridgehead atoms. The first kappa shape index (κ1) is 20.4. The monoisotopic (exact) mass is 357 g/mol. The van der Waals surface area contributed by atoms with Crippen LogP contribution in [0.2, 0.25) is 0 Å². The van der Waals surface area contributed by atoms with Gasteiger partial charge in [0.15, 0.2) is 0 Å². The van der Waals surface area contributed by atoms with Crippen molar-refractivity contribution in [2.45, 2.75) is 70.5 Å². The second-order valence-corrected chi connectivity index (χ2v) is 7.32. The lowest BCUT2D eigenvalue weighted by Crippen LogP contribution is -2.68. The number of urea groups is 1. The highest BCUT2D eigenvalue weighted by Gasteiger charge is 2.26. The van der Waals surface area contributed by atoms with Crippen LogP contribution in [0.3, 0.4) is 0 Å². The predicted octanol–water partition coefficient (Wildman–Crippen LogP) is 0.0439. The molecule has 0 spiro atoms. The van der Waals surface area contributed by atoms with E-state index in [1.807, 2.05) is 0 Å². The minimum absolute atomic E-state index is 0.0453. The van der Waals surface area contributed by atoms with Crippen LogP contribution in [0.4, 0.5) is 4.79 Å². The van der Waals surface area contributed by atoms with E-state index in [1.165, 1.54) is 12.8 Å². The SMILES string of the molecule is CC1CCC(NC(=O)NC2NC(C)CC(NCCOCCO)N2)CC1. The molecule has 2 aliphatic rings. The number of hydrogen-bond donors (Lipinski definition) is 6. The van der Waals surface area contributed by atoms with Crippen LogP contribution in [0.5, 0.6) is 0 Å². The number of rotatable bonds is 8. The van der Waals surface area contributed by atoms with Crippen molar-refractivity contribution in [3.8, 4) is 0 Å². The first-order valence-electron chi connectivity index (χ1n) is 9.58. The van der Waals surface area contributed by atoms with Gasteiger partial charge >= 0.3 is 6.03 Å². The standard InChI is InChI=1S/C17H35N5O3/c1-12-3-5-14(6-4-12)20-17(24)22-16-19-13(2)11-15(21-16)18-7-9-25-10-8-23/h12-16,18-19,21,23H,3-11H2,1-2H3,(H2,20,22,24). The van der Waals surface area contributed by atoms with Crippen molar-refractivity contribution in [3.05, 3.63) is 0 Å². The van der Waals surface area contributed by atoms with Gasteiger partial charge in [0.2, 0.25) is 0 Å². The third-order valence-electron chi connectivity index (χ3n) is 4.91. The molecule has 25 heavy (non-hydrogen) atoms. The van der Waals surface area contributed by atoms with Gasteiger partial charge in [-0.3, -0.25) is 16.0 Å². The Kier molecular flexibility index (Phi) is 8.91. The number of nitrogens with one attached hydrogen (secondary N) is 5. The fourth-order valence-electron chi connectivity index (χ4n) is 3.48. The van der Waals surface area contributed by atoms with Crippen LogP contribution in [0.25, 0.3) is 0 Å². The quantitative estimate of drug-likeness (QED) is 0.343. The summed E-state index contributed by atoms with van der Waals surface area (Å²) in [6.07, 6.45) is 5.26. The summed E-state index contributed by atoms with van der Waals surface area (Å²) in [6, 6.07) is 0.455. The van der Waals surface area contributed by atoms with Gasteiger partial charge in [0, 0.05) is 18.6 Å². The van der Waals surface area contributed by atoms with Gasteiger partial charge in [0.05, 0.1) is 26.0 Å². The topological polar surface area (TPSA) is 107 Å². The van der Waals surface area contributed by atoms with Crippen LogP contribution in [0.1, 0.15) is 46.0 Å². The average Bonchev–Trinajstić information content (AvgIpc) is 2.56. The van der Waals surface area contributed by atoms with Crippen LogP contribution < -0.4 is 26.6 Å². The number of hydrogen-bond acceptors (Lipinski definition) is 6. The molecule has 1 aliphatic heterocycles. The molecule has 1 aliphatic carbocycles. The van der Waals surface area contributed by atoms with Gasteiger partial charge in [-0.2, -0.15) is 0 Å². The summed E-state index contributed by atoms with van der Waals surface area (Å²) in [5.74, 6) is 0.775. The Hall–Kier alpha value is -0.930. The zero-order valence-electron chi connectivity index (χ0n) is 15.5. The molecule has 0 aromatic rings. The van der Waals surface area contributed by atoms with E-state index in [1.54, 1.807) is 0 Å². The van der Waals surface area contributed by atoms with E-state index < -0.39 is 0 Å². The molecule has 8 nitrogen and oxygen atoms in total. The Morgan fingerprint density at radius 3 is 2.60 bits per heavy atom. The van der Waals surface area contributed by atoms with Gasteiger partial charge in [0.1, 0.15) is 6.29 Å². The molecule has 3 unspecified atom stereocenters. The summed E-state index contributed by atoms with van der Waals surface area (Å²) in [5, 5.41) is 24.8. The highest BCUT2D eigenvalue weighted by Crippen LogP contribution is 2.23. The lowest BCUT2D eigenvalue weighted by atomic mass is 9.87. The van der Waals surface area contributed by atoms with Crippen LogP contribution in [-0.2, 0) is 4.74 Å². The zero-order valence-corrected chi connectivity index (χ0v) is 15.5. The molecule has 1 saturated carbocycles. The summed E-state index contributed by atoms with van der Waals surface area (Å²) in [7, 11) is 0. The van der Waals surface area contributed by atoms with Gasteiger partial charge < -0.3 is 20.5 Å². The average molecular weight is 357 g/mol. The molecule has 8 heteroatoms. The van der Waals surface area contributed by atoms with Crippen LogP contribution in [0, 0.1) is 5.92 Å². The Balaban J connectivity index is 1.66. The second kappa shape index (κ2) is 10.9. The van der Waals surface area contributed by atoms with Crippen molar-refractivity contribution in [2.24, 2.45) is 5.92 Å². The van der Waals surface area contributed by atoms with E-state index in [0.717, 1.165) is 25.2 Å². The van der Waals surface area contributed by atoms with E-state index in [2.05, 4.69) is 40.4 Å². The Labute approximate surface area is 150 Å². The summed E-state index contributed by atoms with van der Waals surface area (Å²) in [4.78, 5) is 12.2. The highest BCUT2D eigenvalue weighted by molar-refractivity contribution is 5.74. The minimum atomic E-state index is -0.262. The van der Waals surface area contributed by atoms with Crippen molar-refractivity contribution in [1.82, 2.24) is 26.6 Å². The zero-order chi connectivity index (χ0) is 18.1. The molecule has 0 aromatic carbocycles. The summed E-state index contributed by atoms with van der Waals surface area (Å²) in [5.41, 5.74) is 0. The number of amides is 2. The number of carbonyl (C=O) groups is 1. The lowest BCUT2D eigenvalue weighted by Gasteiger charge is -2.37. The fourth-order valence-corrected chi connectivity index (χ4v) is 3.48. The van der Waals surface area contributed by atoms with Crippen molar-refractivity contribution >= 4 is 6.03 Å². The maximum Gasteiger partial charge on any atom is 0.317 e. The molecule has 146 valence electrons. The normalized spacial score (nSPS) is 33.0. The van der Waals surface area contributed by atoms with E-state index in [4.69, 9.17) is 9.84 Å². The van der Waals surface area contributed by atoms with E-state index >= 15 is 0 Å². The van der Waals surface area contributed by atoms with Gasteiger partial charge in [-0.1, -0.05) is 6.92 Å². The number of ether oxygens (including phenoxy) is 1. The van der Waals surface area contributed by atoms with E-state index in [9.17, 15) is 4.79 Å². The maximum absolute atomic E-state index is 12.2. The minimum Gasteiger partial charge on any atom is -0.394 e. The lowest BCUT2D eigenvalue weighted by molar-refractivity contribution is 0.0889. The van der Waals surface area contributed by atoms with Crippen LogP contribution >= 0.6 is 0 Å². The summed E-state index contributed by atoms with van der Waals surface area (Å²) in [6.45, 7) is 6.04.